The molecule has 0 saturated heterocycles. The Morgan fingerprint density at radius 2 is 1.92 bits per heavy atom. The fraction of sp³-hybridized carbons (Fsp3) is 0.316. The lowest BCUT2D eigenvalue weighted by Gasteiger charge is -2.19. The first-order valence-corrected chi connectivity index (χ1v) is 7.95. The van der Waals surface area contributed by atoms with Crippen molar-refractivity contribution in [1.82, 2.24) is 0 Å². The Hall–Kier alpha value is -2.89. The molecule has 25 heavy (non-hydrogen) atoms. The lowest BCUT2D eigenvalue weighted by molar-refractivity contribution is -0.384. The summed E-state index contributed by atoms with van der Waals surface area (Å²) in [5.74, 6) is 0.239. The summed E-state index contributed by atoms with van der Waals surface area (Å²) in [5.41, 5.74) is 2.18. The van der Waals surface area contributed by atoms with Gasteiger partial charge in [0.15, 0.2) is 6.61 Å². The first-order valence-electron chi connectivity index (χ1n) is 7.95. The third-order valence-corrected chi connectivity index (χ3v) is 3.78. The van der Waals surface area contributed by atoms with Crippen molar-refractivity contribution in [3.8, 4) is 5.75 Å². The SMILES string of the molecule is Cc1ccc([N+](=O)[O-])cc1NC(=O)COc1cccc(C(C)(C)C)c1. The molecule has 0 aliphatic rings. The van der Waals surface area contributed by atoms with Crippen molar-refractivity contribution >= 4 is 17.3 Å². The molecular weight excluding hydrogens is 320 g/mol. The highest BCUT2D eigenvalue weighted by molar-refractivity contribution is 5.93. The molecule has 0 aromatic heterocycles. The van der Waals surface area contributed by atoms with Crippen molar-refractivity contribution < 1.29 is 14.5 Å². The molecule has 0 atom stereocenters. The molecule has 0 saturated carbocycles. The molecule has 6 heteroatoms. The zero-order valence-electron chi connectivity index (χ0n) is 14.8. The molecule has 1 N–H and O–H groups in total. The number of rotatable bonds is 5. The van der Waals surface area contributed by atoms with Crippen LogP contribution < -0.4 is 10.1 Å². The van der Waals surface area contributed by atoms with Crippen LogP contribution in [-0.2, 0) is 10.2 Å². The molecule has 2 aromatic carbocycles. The Morgan fingerprint density at radius 1 is 1.20 bits per heavy atom. The van der Waals surface area contributed by atoms with E-state index in [1.807, 2.05) is 18.2 Å². The van der Waals surface area contributed by atoms with E-state index in [4.69, 9.17) is 4.74 Å². The zero-order chi connectivity index (χ0) is 18.6. The van der Waals surface area contributed by atoms with Gasteiger partial charge < -0.3 is 10.1 Å². The van der Waals surface area contributed by atoms with Gasteiger partial charge in [-0.2, -0.15) is 0 Å². The maximum atomic E-state index is 12.1. The minimum absolute atomic E-state index is 0.0122. The van der Waals surface area contributed by atoms with Crippen LogP contribution in [0.5, 0.6) is 5.75 Å². The number of carbonyl (C=O) groups excluding carboxylic acids is 1. The Balaban J connectivity index is 2.02. The summed E-state index contributed by atoms with van der Waals surface area (Å²) < 4.78 is 5.55. The molecule has 1 amide bonds. The van der Waals surface area contributed by atoms with Crippen LogP contribution in [0, 0.1) is 17.0 Å². The maximum Gasteiger partial charge on any atom is 0.271 e. The topological polar surface area (TPSA) is 81.5 Å². The van der Waals surface area contributed by atoms with E-state index in [1.54, 1.807) is 19.1 Å². The number of carbonyl (C=O) groups is 1. The standard InChI is InChI=1S/C19H22N2O4/c1-13-8-9-15(21(23)24)11-17(13)20-18(22)12-25-16-7-5-6-14(10-16)19(2,3)4/h5-11H,12H2,1-4H3,(H,20,22). The first-order chi connectivity index (χ1) is 11.7. The van der Waals surface area contributed by atoms with Crippen molar-refractivity contribution in [2.75, 3.05) is 11.9 Å². The highest BCUT2D eigenvalue weighted by Crippen LogP contribution is 2.26. The van der Waals surface area contributed by atoms with Gasteiger partial charge in [-0.05, 0) is 35.6 Å². The molecule has 0 fully saturated rings. The average Bonchev–Trinajstić information content (AvgIpc) is 2.54. The maximum absolute atomic E-state index is 12.1. The summed E-state index contributed by atoms with van der Waals surface area (Å²) >= 11 is 0. The van der Waals surface area contributed by atoms with Crippen molar-refractivity contribution in [3.63, 3.8) is 0 Å². The number of nitrogens with zero attached hydrogens (tertiary/aromatic N) is 1. The van der Waals surface area contributed by atoms with Gasteiger partial charge in [-0.15, -0.1) is 0 Å². The van der Waals surface area contributed by atoms with Crippen molar-refractivity contribution in [2.45, 2.75) is 33.1 Å². The van der Waals surface area contributed by atoms with E-state index in [2.05, 4.69) is 26.1 Å². The molecule has 6 nitrogen and oxygen atoms in total. The van der Waals surface area contributed by atoms with E-state index in [0.29, 0.717) is 11.4 Å². The molecule has 0 radical (unpaired) electrons. The second-order valence-corrected chi connectivity index (χ2v) is 6.87. The van der Waals surface area contributed by atoms with Crippen molar-refractivity contribution in [1.29, 1.82) is 0 Å². The Morgan fingerprint density at radius 3 is 2.56 bits per heavy atom. The number of anilines is 1. The number of nitrogens with one attached hydrogen (secondary N) is 1. The molecular formula is C19H22N2O4. The molecule has 0 heterocycles. The summed E-state index contributed by atoms with van der Waals surface area (Å²) in [6.07, 6.45) is 0. The molecule has 132 valence electrons. The van der Waals surface area contributed by atoms with Crippen molar-refractivity contribution in [3.05, 3.63) is 63.7 Å². The van der Waals surface area contributed by atoms with Gasteiger partial charge in [-0.25, -0.2) is 0 Å². The first kappa shape index (κ1) is 18.4. The quantitative estimate of drug-likeness (QED) is 0.651. The number of benzene rings is 2. The number of hydrogen-bond donors (Lipinski definition) is 1. The largest absolute Gasteiger partial charge is 0.484 e. The van der Waals surface area contributed by atoms with Crippen LogP contribution in [0.3, 0.4) is 0 Å². The molecule has 2 aromatic rings. The Bertz CT molecular complexity index is 794. The predicted octanol–water partition coefficient (Wildman–Crippen LogP) is 4.22. The van der Waals surface area contributed by atoms with Crippen molar-refractivity contribution in [2.24, 2.45) is 0 Å². The molecule has 0 unspecified atom stereocenters. The van der Waals surface area contributed by atoms with E-state index in [1.165, 1.54) is 12.1 Å². The summed E-state index contributed by atoms with van der Waals surface area (Å²) in [5, 5.41) is 13.5. The van der Waals surface area contributed by atoms with Gasteiger partial charge in [-0.1, -0.05) is 39.0 Å². The Kier molecular flexibility index (Phi) is 5.41. The fourth-order valence-electron chi connectivity index (χ4n) is 2.25. The fourth-order valence-corrected chi connectivity index (χ4v) is 2.25. The zero-order valence-corrected chi connectivity index (χ0v) is 14.8. The van der Waals surface area contributed by atoms with Crippen LogP contribution in [0.4, 0.5) is 11.4 Å². The van der Waals surface area contributed by atoms with Gasteiger partial charge in [0.2, 0.25) is 0 Å². The van der Waals surface area contributed by atoms with Crippen LogP contribution in [0.15, 0.2) is 42.5 Å². The Labute approximate surface area is 147 Å². The number of hydrogen-bond acceptors (Lipinski definition) is 4. The number of ether oxygens (including phenoxy) is 1. The van der Waals surface area contributed by atoms with E-state index < -0.39 is 4.92 Å². The predicted molar refractivity (Wildman–Crippen MR) is 97.1 cm³/mol. The van der Waals surface area contributed by atoms with Crippen LogP contribution in [0.2, 0.25) is 0 Å². The molecule has 0 bridgehead atoms. The van der Waals surface area contributed by atoms with Crippen LogP contribution in [-0.4, -0.2) is 17.4 Å². The smallest absolute Gasteiger partial charge is 0.271 e. The lowest BCUT2D eigenvalue weighted by atomic mass is 9.87. The molecule has 0 aliphatic heterocycles. The van der Waals surface area contributed by atoms with Crippen LogP contribution in [0.25, 0.3) is 0 Å². The number of aryl methyl sites for hydroxylation is 1. The van der Waals surface area contributed by atoms with Gasteiger partial charge in [0.05, 0.1) is 10.6 Å². The third kappa shape index (κ3) is 5.04. The van der Waals surface area contributed by atoms with Gasteiger partial charge in [0, 0.05) is 12.1 Å². The van der Waals surface area contributed by atoms with Gasteiger partial charge >= 0.3 is 0 Å². The summed E-state index contributed by atoms with van der Waals surface area (Å²) in [6.45, 7) is 7.90. The van der Waals surface area contributed by atoms with E-state index in [-0.39, 0.29) is 23.6 Å². The molecule has 0 aliphatic carbocycles. The van der Waals surface area contributed by atoms with E-state index in [0.717, 1.165) is 11.1 Å². The minimum Gasteiger partial charge on any atom is -0.484 e. The monoisotopic (exact) mass is 342 g/mol. The van der Waals surface area contributed by atoms with Gasteiger partial charge in [0.25, 0.3) is 11.6 Å². The van der Waals surface area contributed by atoms with Gasteiger partial charge in [0.1, 0.15) is 5.75 Å². The normalized spacial score (nSPS) is 11.0. The third-order valence-electron chi connectivity index (χ3n) is 3.78. The second-order valence-electron chi connectivity index (χ2n) is 6.87. The number of non-ortho nitro benzene ring substituents is 1. The number of nitro benzene ring substituents is 1. The molecule has 0 spiro atoms. The second kappa shape index (κ2) is 7.34. The summed E-state index contributed by atoms with van der Waals surface area (Å²) in [7, 11) is 0. The highest BCUT2D eigenvalue weighted by atomic mass is 16.6. The highest BCUT2D eigenvalue weighted by Gasteiger charge is 2.15. The van der Waals surface area contributed by atoms with E-state index in [9.17, 15) is 14.9 Å². The minimum atomic E-state index is -0.496. The lowest BCUT2D eigenvalue weighted by Crippen LogP contribution is -2.21. The molecule has 2 rings (SSSR count). The summed E-state index contributed by atoms with van der Waals surface area (Å²) in [6, 6.07) is 11.9. The number of amides is 1. The van der Waals surface area contributed by atoms with Crippen LogP contribution >= 0.6 is 0 Å². The summed E-state index contributed by atoms with van der Waals surface area (Å²) in [4.78, 5) is 22.4. The van der Waals surface area contributed by atoms with Crippen LogP contribution in [0.1, 0.15) is 31.9 Å². The average molecular weight is 342 g/mol. The van der Waals surface area contributed by atoms with Gasteiger partial charge in [-0.3, -0.25) is 14.9 Å². The number of nitro groups is 1. The van der Waals surface area contributed by atoms with E-state index >= 15 is 0 Å².